The Hall–Kier alpha value is -3.66. The lowest BCUT2D eigenvalue weighted by atomic mass is 9.45. The molecule has 1 saturated heterocycles. The molecule has 1 aromatic heterocycles. The maximum atomic E-state index is 14.4. The summed E-state index contributed by atoms with van der Waals surface area (Å²) in [6.07, 6.45) is 2.60. The topological polar surface area (TPSA) is 104 Å². The van der Waals surface area contributed by atoms with Crippen molar-refractivity contribution in [3.63, 3.8) is 0 Å². The number of aromatic nitrogens is 2. The van der Waals surface area contributed by atoms with Crippen molar-refractivity contribution < 1.29 is 9.13 Å². The molecule has 3 aliphatic carbocycles. The van der Waals surface area contributed by atoms with Gasteiger partial charge >= 0.3 is 5.69 Å². The largest absolute Gasteiger partial charge is 0.497 e. The number of methoxy groups -OCH3 is 1. The Kier molecular flexibility index (Phi) is 7.83. The molecule has 230 valence electrons. The van der Waals surface area contributed by atoms with Crippen LogP contribution in [0.4, 0.5) is 10.1 Å². The van der Waals surface area contributed by atoms with Crippen LogP contribution in [0.3, 0.4) is 0 Å². The molecule has 2 bridgehead atoms. The molecule has 0 spiro atoms. The van der Waals surface area contributed by atoms with Gasteiger partial charge in [0.15, 0.2) is 5.96 Å². The Morgan fingerprint density at radius 3 is 2.67 bits per heavy atom. The highest BCUT2D eigenvalue weighted by Gasteiger charge is 2.56. The number of fused-ring (bicyclic) bond motifs is 3. The first-order chi connectivity index (χ1) is 20.5. The van der Waals surface area contributed by atoms with E-state index in [0.717, 1.165) is 42.3 Å². The fourth-order valence-electron chi connectivity index (χ4n) is 7.52. The standard InChI is InChI=1S/C33H43FN6O3/c1-19-18-39(13-11-35-19)31(37-28-15-22-14-26(20(28)2)33(22,3)4)36-23-7-9-25-29(16-23)38-32(42)40(30(25)41)12-10-21-6-8-24(43-5)17-27(21)34/h6-9,16-17,19-20,22,26,28,35H,10-15,18H2,1-5H3,(H,36,37)(H,38,42). The third kappa shape index (κ3) is 5.57. The number of halogens is 1. The van der Waals surface area contributed by atoms with Crippen LogP contribution in [0.25, 0.3) is 10.9 Å². The highest BCUT2D eigenvalue weighted by atomic mass is 19.1. The summed E-state index contributed by atoms with van der Waals surface area (Å²) >= 11 is 0. The Balaban J connectivity index is 1.26. The summed E-state index contributed by atoms with van der Waals surface area (Å²) in [4.78, 5) is 36.8. The van der Waals surface area contributed by atoms with E-state index in [1.165, 1.54) is 19.6 Å². The van der Waals surface area contributed by atoms with E-state index in [1.54, 1.807) is 24.3 Å². The molecular formula is C33H43FN6O3. The zero-order valence-electron chi connectivity index (χ0n) is 25.7. The summed E-state index contributed by atoms with van der Waals surface area (Å²) in [6, 6.07) is 10.6. The summed E-state index contributed by atoms with van der Waals surface area (Å²) in [7, 11) is 1.47. The van der Waals surface area contributed by atoms with Gasteiger partial charge in [-0.3, -0.25) is 9.36 Å². The highest BCUT2D eigenvalue weighted by molar-refractivity contribution is 5.96. The number of hydrogen-bond donors (Lipinski definition) is 3. The first-order valence-electron chi connectivity index (χ1n) is 15.5. The Bertz CT molecular complexity index is 1660. The number of benzene rings is 2. The lowest BCUT2D eigenvalue weighted by Crippen LogP contribution is -2.57. The summed E-state index contributed by atoms with van der Waals surface area (Å²) in [6.45, 7) is 12.0. The number of H-pyrrole nitrogens is 1. The third-order valence-corrected chi connectivity index (χ3v) is 10.4. The van der Waals surface area contributed by atoms with E-state index >= 15 is 0 Å². The summed E-state index contributed by atoms with van der Waals surface area (Å²) in [5, 5.41) is 7.47. The van der Waals surface area contributed by atoms with Crippen molar-refractivity contribution in [3.05, 3.63) is 68.6 Å². The fraction of sp³-hybridized carbons (Fsp3) is 0.545. The van der Waals surface area contributed by atoms with E-state index in [2.05, 4.69) is 48.2 Å². The van der Waals surface area contributed by atoms with Gasteiger partial charge in [0, 0.05) is 44.0 Å². The summed E-state index contributed by atoms with van der Waals surface area (Å²) < 4.78 is 20.6. The molecule has 4 fully saturated rings. The molecule has 43 heavy (non-hydrogen) atoms. The van der Waals surface area contributed by atoms with E-state index in [0.29, 0.717) is 51.4 Å². The van der Waals surface area contributed by atoms with Gasteiger partial charge in [-0.25, -0.2) is 14.2 Å². The van der Waals surface area contributed by atoms with Crippen LogP contribution in [-0.4, -0.2) is 59.2 Å². The van der Waals surface area contributed by atoms with Gasteiger partial charge in [-0.15, -0.1) is 0 Å². The van der Waals surface area contributed by atoms with Crippen LogP contribution in [0.2, 0.25) is 0 Å². The average Bonchev–Trinajstić information content (AvgIpc) is 2.97. The number of aliphatic imine (C=N–C) groups is 1. The molecule has 3 aromatic rings. The van der Waals surface area contributed by atoms with E-state index in [1.807, 2.05) is 6.07 Å². The molecule has 4 aliphatic rings. The van der Waals surface area contributed by atoms with E-state index in [9.17, 15) is 14.0 Å². The van der Waals surface area contributed by atoms with E-state index < -0.39 is 17.1 Å². The van der Waals surface area contributed by atoms with Gasteiger partial charge in [0.1, 0.15) is 11.6 Å². The lowest BCUT2D eigenvalue weighted by molar-refractivity contribution is -0.108. The first-order valence-corrected chi connectivity index (χ1v) is 15.5. The number of ether oxygens (including phenoxy) is 1. The molecule has 2 aromatic carbocycles. The van der Waals surface area contributed by atoms with Crippen LogP contribution >= 0.6 is 0 Å². The molecule has 5 atom stereocenters. The highest BCUT2D eigenvalue weighted by Crippen LogP contribution is 2.61. The number of nitrogens with one attached hydrogen (secondary N) is 3. The Labute approximate surface area is 251 Å². The minimum atomic E-state index is -0.522. The number of piperazine rings is 1. The number of aromatic amines is 1. The molecule has 7 rings (SSSR count). The van der Waals surface area contributed by atoms with Crippen LogP contribution in [0.1, 0.15) is 46.1 Å². The van der Waals surface area contributed by atoms with Gasteiger partial charge < -0.3 is 25.3 Å². The average molecular weight is 591 g/mol. The number of guanidine groups is 1. The van der Waals surface area contributed by atoms with Crippen molar-refractivity contribution in [2.45, 2.75) is 65.6 Å². The second-order valence-corrected chi connectivity index (χ2v) is 13.3. The van der Waals surface area contributed by atoms with Crippen molar-refractivity contribution in [2.24, 2.45) is 28.2 Å². The van der Waals surface area contributed by atoms with Crippen molar-refractivity contribution >= 4 is 22.5 Å². The van der Waals surface area contributed by atoms with Crippen LogP contribution in [0.15, 0.2) is 51.0 Å². The van der Waals surface area contributed by atoms with Crippen molar-refractivity contribution in [3.8, 4) is 5.75 Å². The molecule has 5 unspecified atom stereocenters. The lowest BCUT2D eigenvalue weighted by Gasteiger charge is -2.61. The second kappa shape index (κ2) is 11.4. The monoisotopic (exact) mass is 590 g/mol. The molecule has 3 N–H and O–H groups in total. The van der Waals surface area contributed by atoms with Crippen LogP contribution < -0.4 is 26.6 Å². The molecule has 0 radical (unpaired) electrons. The zero-order chi connectivity index (χ0) is 30.5. The fourth-order valence-corrected chi connectivity index (χ4v) is 7.52. The smallest absolute Gasteiger partial charge is 0.328 e. The molecule has 0 amide bonds. The molecule has 2 heterocycles. The van der Waals surface area contributed by atoms with E-state index in [-0.39, 0.29) is 19.0 Å². The van der Waals surface area contributed by atoms with Gasteiger partial charge in [-0.2, -0.15) is 0 Å². The van der Waals surface area contributed by atoms with E-state index in [4.69, 9.17) is 9.73 Å². The quantitative estimate of drug-likeness (QED) is 0.294. The predicted octanol–water partition coefficient (Wildman–Crippen LogP) is 4.21. The van der Waals surface area contributed by atoms with Gasteiger partial charge in [-0.05, 0) is 79.2 Å². The number of nitrogens with zero attached hydrogens (tertiary/aromatic N) is 3. The van der Waals surface area contributed by atoms with Gasteiger partial charge in [0.25, 0.3) is 5.56 Å². The Morgan fingerprint density at radius 2 is 1.98 bits per heavy atom. The minimum absolute atomic E-state index is 0.0592. The summed E-state index contributed by atoms with van der Waals surface area (Å²) in [5.41, 5.74) is 1.10. The van der Waals surface area contributed by atoms with Gasteiger partial charge in [0.05, 0.1) is 24.1 Å². The third-order valence-electron chi connectivity index (χ3n) is 10.4. The van der Waals surface area contributed by atoms with Gasteiger partial charge in [-0.1, -0.05) is 26.8 Å². The van der Waals surface area contributed by atoms with Crippen LogP contribution in [0, 0.1) is 29.0 Å². The molecule has 1 aliphatic heterocycles. The number of anilines is 1. The normalized spacial score (nSPS) is 26.7. The van der Waals surface area contributed by atoms with Crippen LogP contribution in [0.5, 0.6) is 5.75 Å². The Morgan fingerprint density at radius 1 is 1.16 bits per heavy atom. The molecule has 10 heteroatoms. The first kappa shape index (κ1) is 29.4. The number of aryl methyl sites for hydroxylation is 1. The zero-order valence-corrected chi connectivity index (χ0v) is 25.7. The number of hydrogen-bond acceptors (Lipinski definition) is 5. The maximum Gasteiger partial charge on any atom is 0.328 e. The molecule has 9 nitrogen and oxygen atoms in total. The van der Waals surface area contributed by atoms with Crippen molar-refractivity contribution in [1.82, 2.24) is 19.8 Å². The maximum absolute atomic E-state index is 14.4. The van der Waals surface area contributed by atoms with Gasteiger partial charge in [0.2, 0.25) is 0 Å². The number of rotatable bonds is 6. The van der Waals surface area contributed by atoms with Crippen LogP contribution in [-0.2, 0) is 13.0 Å². The van der Waals surface area contributed by atoms with Crippen molar-refractivity contribution in [1.29, 1.82) is 0 Å². The SMILES string of the molecule is COc1ccc(CCn2c(=O)[nH]c3cc(NC(=NC4CC5CC(C4C)C5(C)C)N4CCNC(C)C4)ccc3c2=O)c(F)c1. The van der Waals surface area contributed by atoms with Crippen molar-refractivity contribution in [2.75, 3.05) is 32.1 Å². The second-order valence-electron chi connectivity index (χ2n) is 13.3. The predicted molar refractivity (Wildman–Crippen MR) is 169 cm³/mol. The molecule has 3 saturated carbocycles. The summed E-state index contributed by atoms with van der Waals surface area (Å²) in [5.74, 6) is 2.74. The molecular weight excluding hydrogens is 547 g/mol. The minimum Gasteiger partial charge on any atom is -0.497 e.